The first-order valence-electron chi connectivity index (χ1n) is 14.9. The molecule has 2 N–H and O–H groups in total. The van der Waals surface area contributed by atoms with Crippen LogP contribution in [-0.2, 0) is 38.7 Å². The third kappa shape index (κ3) is 13.1. The van der Waals surface area contributed by atoms with E-state index >= 15 is 0 Å². The van der Waals surface area contributed by atoms with Crippen LogP contribution in [0.15, 0.2) is 70.6 Å². The molecule has 0 aliphatic carbocycles. The predicted octanol–water partition coefficient (Wildman–Crippen LogP) is 7.55. The Morgan fingerprint density at radius 1 is 0.647 bits per heavy atom. The first-order chi connectivity index (χ1) is 23.0. The van der Waals surface area contributed by atoms with Gasteiger partial charge in [0.05, 0.1) is 22.5 Å². The Kier molecular flexibility index (Phi) is 15.9. The van der Waals surface area contributed by atoms with Crippen molar-refractivity contribution >= 4 is 46.5 Å². The number of aliphatic carboxylic acids is 2. The number of carboxylic acids is 2. The number of carbonyl (C=O) groups excluding carboxylic acids is 2. The van der Waals surface area contributed by atoms with Crippen LogP contribution in [0.3, 0.4) is 0 Å². The average molecular weight is 764 g/mol. The van der Waals surface area contributed by atoms with Gasteiger partial charge in [-0.25, -0.2) is 0 Å². The molecular weight excluding hydrogens is 729 g/mol. The summed E-state index contributed by atoms with van der Waals surface area (Å²) >= 11 is 0. The molecule has 0 unspecified atom stereocenters. The number of nitrogens with zero attached hydrogens (tertiary/aromatic N) is 2. The summed E-state index contributed by atoms with van der Waals surface area (Å²) in [5, 5.41) is 40.6. The van der Waals surface area contributed by atoms with Gasteiger partial charge >= 0.3 is 29.1 Å². The molecule has 0 spiro atoms. The van der Waals surface area contributed by atoms with Gasteiger partial charge in [-0.3, -0.25) is 9.98 Å². The van der Waals surface area contributed by atoms with Crippen molar-refractivity contribution in [2.75, 3.05) is 0 Å². The molecule has 4 aromatic rings. The topological polar surface area (TPSA) is 145 Å². The third-order valence-corrected chi connectivity index (χ3v) is 6.76. The second-order valence-corrected chi connectivity index (χ2v) is 11.5. The summed E-state index contributed by atoms with van der Waals surface area (Å²) in [4.78, 5) is 26.5. The van der Waals surface area contributed by atoms with Crippen LogP contribution < -0.4 is 10.2 Å². The van der Waals surface area contributed by atoms with E-state index in [-0.39, 0.29) is 61.9 Å². The van der Waals surface area contributed by atoms with Crippen LogP contribution in [0, 0.1) is 0 Å². The molecule has 0 aliphatic heterocycles. The number of carbonyl (C=O) groups is 2. The molecule has 0 atom stereocenters. The number of phenols is 2. The molecular formula is C36H34CoF6N2O6. The van der Waals surface area contributed by atoms with Gasteiger partial charge in [0.2, 0.25) is 0 Å². The van der Waals surface area contributed by atoms with Crippen molar-refractivity contribution in [3.63, 3.8) is 0 Å². The van der Waals surface area contributed by atoms with E-state index in [0.717, 1.165) is 61.3 Å². The minimum absolute atomic E-state index is 0. The largest absolute Gasteiger partial charge is 2.00 e. The van der Waals surface area contributed by atoms with Gasteiger partial charge in [0, 0.05) is 35.5 Å². The van der Waals surface area contributed by atoms with E-state index in [1.54, 1.807) is 64.1 Å². The third-order valence-electron chi connectivity index (χ3n) is 6.76. The van der Waals surface area contributed by atoms with Gasteiger partial charge in [0.25, 0.3) is 0 Å². The molecule has 0 saturated carbocycles. The van der Waals surface area contributed by atoms with Gasteiger partial charge < -0.3 is 30.0 Å². The summed E-state index contributed by atoms with van der Waals surface area (Å²) in [6.45, 7) is 8.56. The first kappa shape index (κ1) is 44.1. The summed E-state index contributed by atoms with van der Waals surface area (Å²) in [5.74, 6) is -3.67. The average Bonchev–Trinajstić information content (AvgIpc) is 2.97. The summed E-state index contributed by atoms with van der Waals surface area (Å²) < 4.78 is 81.5. The van der Waals surface area contributed by atoms with E-state index in [0.29, 0.717) is 0 Å². The van der Waals surface area contributed by atoms with E-state index in [4.69, 9.17) is 19.8 Å². The van der Waals surface area contributed by atoms with Crippen molar-refractivity contribution in [2.24, 2.45) is 9.98 Å². The van der Waals surface area contributed by atoms with Gasteiger partial charge in [-0.2, -0.15) is 26.3 Å². The zero-order valence-corrected chi connectivity index (χ0v) is 29.1. The number of carboxylic acid groups (broad SMARTS) is 2. The minimum atomic E-state index is -4.65. The van der Waals surface area contributed by atoms with Crippen molar-refractivity contribution in [2.45, 2.75) is 65.7 Å². The normalized spacial score (nSPS) is 11.6. The van der Waals surface area contributed by atoms with Gasteiger partial charge in [0.1, 0.15) is 11.5 Å². The number of rotatable bonds is 6. The molecule has 0 heterocycles. The molecule has 15 heteroatoms. The number of alkyl halides is 6. The van der Waals surface area contributed by atoms with Crippen LogP contribution in [0.5, 0.6) is 11.5 Å². The molecule has 4 aromatic carbocycles. The van der Waals surface area contributed by atoms with Gasteiger partial charge in [0.15, 0.2) is 0 Å². The van der Waals surface area contributed by atoms with Crippen LogP contribution in [0.25, 0.3) is 10.8 Å². The van der Waals surface area contributed by atoms with Crippen molar-refractivity contribution in [3.8, 4) is 11.5 Å². The first-order valence-corrected chi connectivity index (χ1v) is 14.9. The minimum Gasteiger partial charge on any atom is -0.550 e. The maximum Gasteiger partial charge on any atom is 2.00 e. The molecule has 0 bridgehead atoms. The molecule has 51 heavy (non-hydrogen) atoms. The molecule has 1 radical (unpaired) electrons. The summed E-state index contributed by atoms with van der Waals surface area (Å²) in [6.07, 6.45) is -7.11. The summed E-state index contributed by atoms with van der Waals surface area (Å²) in [7, 11) is 0. The number of benzene rings is 4. The summed E-state index contributed by atoms with van der Waals surface area (Å²) in [5.41, 5.74) is -1.63. The van der Waals surface area contributed by atoms with Crippen molar-refractivity contribution in [3.05, 3.63) is 94.0 Å². The monoisotopic (exact) mass is 763 g/mol. The summed E-state index contributed by atoms with van der Waals surface area (Å²) in [6, 6.07) is 13.8. The van der Waals surface area contributed by atoms with E-state index < -0.39 is 47.3 Å². The quantitative estimate of drug-likeness (QED) is 0.153. The van der Waals surface area contributed by atoms with Gasteiger partial charge in [-0.05, 0) is 84.0 Å². The van der Waals surface area contributed by atoms with E-state index in [9.17, 15) is 36.6 Å². The molecule has 0 amide bonds. The van der Waals surface area contributed by atoms with Crippen molar-refractivity contribution in [1.29, 1.82) is 0 Å². The fourth-order valence-electron chi connectivity index (χ4n) is 4.47. The Morgan fingerprint density at radius 2 is 0.941 bits per heavy atom. The maximum atomic E-state index is 13.6. The van der Waals surface area contributed by atoms with Crippen LogP contribution in [0.2, 0.25) is 0 Å². The fourth-order valence-corrected chi connectivity index (χ4v) is 4.47. The van der Waals surface area contributed by atoms with E-state index in [2.05, 4.69) is 9.98 Å². The maximum absolute atomic E-state index is 13.6. The van der Waals surface area contributed by atoms with Gasteiger partial charge in [-0.1, -0.05) is 52.0 Å². The predicted molar refractivity (Wildman–Crippen MR) is 174 cm³/mol. The number of fused-ring (bicyclic) bond motifs is 1. The molecule has 0 fully saturated rings. The number of hydrogen-bond donors (Lipinski definition) is 2. The van der Waals surface area contributed by atoms with Crippen molar-refractivity contribution in [1.82, 2.24) is 0 Å². The Hall–Kier alpha value is -4.89. The zero-order valence-electron chi connectivity index (χ0n) is 28.1. The van der Waals surface area contributed by atoms with Crippen LogP contribution in [0.1, 0.15) is 86.8 Å². The Balaban J connectivity index is 0.00000131. The van der Waals surface area contributed by atoms with Gasteiger partial charge in [-0.15, -0.1) is 0 Å². The number of phenolic OH excluding ortho intramolecular Hbond substituents is 2. The Labute approximate surface area is 300 Å². The molecule has 8 nitrogen and oxygen atoms in total. The Bertz CT molecular complexity index is 1760. The standard InChI is InChI=1S/C32H28F6N2O2.2C2H4O2.Co/c1-17(2)25-13-23(31(33,34)35)9-21(29(25)41)15-39-27-11-19-7-5-6-8-20(19)12-28(27)40-16-22-10-24(32(36,37)38)14-26(18(3)4)30(22)42;2*1-2(3)4;/h5-18,41-42H,1-4H3;2*1H3,(H,3,4);/q;;;+2/p-2. The van der Waals surface area contributed by atoms with Crippen LogP contribution in [0.4, 0.5) is 37.7 Å². The molecule has 0 aromatic heterocycles. The number of aromatic hydroxyl groups is 2. The van der Waals surface area contributed by atoms with Crippen LogP contribution >= 0.6 is 0 Å². The Morgan fingerprint density at radius 3 is 1.20 bits per heavy atom. The fraction of sp³-hybridized carbons (Fsp3) is 0.278. The van der Waals surface area contributed by atoms with Crippen molar-refractivity contribution < 1.29 is 73.1 Å². The number of aliphatic imine (C=N–C) groups is 2. The number of hydrogen-bond acceptors (Lipinski definition) is 8. The molecule has 0 aliphatic rings. The SMILES string of the molecule is CC(=O)[O-].CC(=O)[O-].CC(C)c1cc(C(F)(F)F)cc(C=Nc2cc3ccccc3cc2N=Cc2cc(C(F)(F)F)cc(C(C)C)c2O)c1O.[Co+2]. The smallest absolute Gasteiger partial charge is 0.550 e. The number of halogens is 6. The second-order valence-electron chi connectivity index (χ2n) is 11.5. The zero-order chi connectivity index (χ0) is 38.1. The van der Waals surface area contributed by atoms with E-state index in [1.165, 1.54) is 0 Å². The molecule has 275 valence electrons. The molecule has 0 saturated heterocycles. The second kappa shape index (κ2) is 18.4. The van der Waals surface area contributed by atoms with Crippen LogP contribution in [-0.4, -0.2) is 34.6 Å². The van der Waals surface area contributed by atoms with E-state index in [1.807, 2.05) is 0 Å². The molecule has 4 rings (SSSR count).